The largest absolute Gasteiger partial charge is 0.355 e. The molecule has 21 heavy (non-hydrogen) atoms. The highest BCUT2D eigenvalue weighted by molar-refractivity contribution is 7.99. The molecular formula is C15H19N3O2S. The Morgan fingerprint density at radius 2 is 2.29 bits per heavy atom. The van der Waals surface area contributed by atoms with Gasteiger partial charge in [0, 0.05) is 37.5 Å². The van der Waals surface area contributed by atoms with E-state index in [-0.39, 0.29) is 17.7 Å². The summed E-state index contributed by atoms with van der Waals surface area (Å²) in [5, 5.41) is 3.89. The van der Waals surface area contributed by atoms with Crippen molar-refractivity contribution in [2.75, 3.05) is 18.8 Å². The molecule has 1 aromatic rings. The molecule has 0 radical (unpaired) electrons. The van der Waals surface area contributed by atoms with Crippen LogP contribution in [0.3, 0.4) is 0 Å². The maximum Gasteiger partial charge on any atom is 0.225 e. The van der Waals surface area contributed by atoms with Gasteiger partial charge in [0.25, 0.3) is 0 Å². The summed E-state index contributed by atoms with van der Waals surface area (Å²) in [7, 11) is 0. The standard InChI is InChI=1S/C15H19N3O2S/c19-14-9-11(10-18(14)12-4-5-12)15(20)17-7-8-21-13-3-1-2-6-16-13/h1-3,6,11-12H,4-5,7-10H2,(H,17,20). The molecule has 1 aliphatic carbocycles. The molecule has 2 amide bonds. The van der Waals surface area contributed by atoms with Crippen LogP contribution in [0.25, 0.3) is 0 Å². The molecule has 1 atom stereocenters. The van der Waals surface area contributed by atoms with E-state index in [1.165, 1.54) is 0 Å². The van der Waals surface area contributed by atoms with Gasteiger partial charge in [-0.2, -0.15) is 0 Å². The quantitative estimate of drug-likeness (QED) is 0.636. The van der Waals surface area contributed by atoms with Gasteiger partial charge in [0.2, 0.25) is 11.8 Å². The van der Waals surface area contributed by atoms with Crippen LogP contribution >= 0.6 is 11.8 Å². The Morgan fingerprint density at radius 1 is 1.43 bits per heavy atom. The molecule has 1 aromatic heterocycles. The van der Waals surface area contributed by atoms with Crippen LogP contribution < -0.4 is 5.32 Å². The van der Waals surface area contributed by atoms with Crippen molar-refractivity contribution in [3.8, 4) is 0 Å². The van der Waals surface area contributed by atoms with Gasteiger partial charge in [0.05, 0.1) is 10.9 Å². The number of pyridine rings is 1. The number of likely N-dealkylation sites (tertiary alicyclic amines) is 1. The highest BCUT2D eigenvalue weighted by Gasteiger charge is 2.41. The zero-order chi connectivity index (χ0) is 14.7. The summed E-state index contributed by atoms with van der Waals surface area (Å²) in [4.78, 5) is 30.0. The van der Waals surface area contributed by atoms with Crippen LogP contribution in [0, 0.1) is 5.92 Å². The minimum Gasteiger partial charge on any atom is -0.355 e. The van der Waals surface area contributed by atoms with Crippen LogP contribution in [0.4, 0.5) is 0 Å². The average molecular weight is 305 g/mol. The first-order chi connectivity index (χ1) is 10.2. The first-order valence-corrected chi connectivity index (χ1v) is 8.33. The van der Waals surface area contributed by atoms with Crippen molar-refractivity contribution >= 4 is 23.6 Å². The Labute approximate surface area is 128 Å². The third-order valence-electron chi connectivity index (χ3n) is 3.81. The fraction of sp³-hybridized carbons (Fsp3) is 0.533. The lowest BCUT2D eigenvalue weighted by molar-refractivity contribution is -0.129. The smallest absolute Gasteiger partial charge is 0.225 e. The second kappa shape index (κ2) is 6.47. The predicted molar refractivity (Wildman–Crippen MR) is 80.8 cm³/mol. The lowest BCUT2D eigenvalue weighted by Crippen LogP contribution is -2.34. The van der Waals surface area contributed by atoms with E-state index < -0.39 is 0 Å². The summed E-state index contributed by atoms with van der Waals surface area (Å²) in [6.07, 6.45) is 4.33. The lowest BCUT2D eigenvalue weighted by atomic mass is 10.1. The number of carbonyl (C=O) groups excluding carboxylic acids is 2. The lowest BCUT2D eigenvalue weighted by Gasteiger charge is -2.15. The molecule has 1 N–H and O–H groups in total. The van der Waals surface area contributed by atoms with E-state index in [1.54, 1.807) is 18.0 Å². The van der Waals surface area contributed by atoms with Crippen LogP contribution in [0.15, 0.2) is 29.4 Å². The van der Waals surface area contributed by atoms with Crippen molar-refractivity contribution in [3.05, 3.63) is 24.4 Å². The van der Waals surface area contributed by atoms with Crippen molar-refractivity contribution < 1.29 is 9.59 Å². The number of nitrogens with zero attached hydrogens (tertiary/aromatic N) is 2. The summed E-state index contributed by atoms with van der Waals surface area (Å²) in [6, 6.07) is 6.20. The van der Waals surface area contributed by atoms with E-state index in [2.05, 4.69) is 10.3 Å². The first kappa shape index (κ1) is 14.4. The van der Waals surface area contributed by atoms with Crippen molar-refractivity contribution in [2.24, 2.45) is 5.92 Å². The second-order valence-electron chi connectivity index (χ2n) is 5.49. The van der Waals surface area contributed by atoms with E-state index >= 15 is 0 Å². The molecule has 1 aliphatic heterocycles. The second-order valence-corrected chi connectivity index (χ2v) is 6.60. The van der Waals surface area contributed by atoms with Crippen molar-refractivity contribution in [1.29, 1.82) is 0 Å². The molecule has 1 unspecified atom stereocenters. The number of amides is 2. The highest BCUT2D eigenvalue weighted by Crippen LogP contribution is 2.32. The molecule has 112 valence electrons. The first-order valence-electron chi connectivity index (χ1n) is 7.35. The maximum absolute atomic E-state index is 12.1. The van der Waals surface area contributed by atoms with Crippen molar-refractivity contribution in [1.82, 2.24) is 15.2 Å². The monoisotopic (exact) mass is 305 g/mol. The van der Waals surface area contributed by atoms with Gasteiger partial charge in [-0.1, -0.05) is 6.07 Å². The molecule has 0 spiro atoms. The summed E-state index contributed by atoms with van der Waals surface area (Å²) in [6.45, 7) is 1.21. The van der Waals surface area contributed by atoms with Crippen LogP contribution in [-0.4, -0.2) is 46.6 Å². The fourth-order valence-electron chi connectivity index (χ4n) is 2.55. The average Bonchev–Trinajstić information content (AvgIpc) is 3.27. The van der Waals surface area contributed by atoms with Gasteiger partial charge in [0.15, 0.2) is 0 Å². The van der Waals surface area contributed by atoms with Crippen molar-refractivity contribution in [2.45, 2.75) is 30.3 Å². The Morgan fingerprint density at radius 3 is 3.00 bits per heavy atom. The predicted octanol–water partition coefficient (Wildman–Crippen LogP) is 1.30. The summed E-state index contributed by atoms with van der Waals surface area (Å²) in [5.74, 6) is 0.766. The molecule has 0 aromatic carbocycles. The summed E-state index contributed by atoms with van der Waals surface area (Å²) >= 11 is 1.62. The van der Waals surface area contributed by atoms with E-state index in [9.17, 15) is 9.59 Å². The SMILES string of the molecule is O=C(NCCSc1ccccn1)C1CC(=O)N(C2CC2)C1. The zero-order valence-electron chi connectivity index (χ0n) is 11.8. The molecule has 2 fully saturated rings. The van der Waals surface area contributed by atoms with Gasteiger partial charge in [-0.25, -0.2) is 4.98 Å². The molecule has 1 saturated heterocycles. The van der Waals surface area contributed by atoms with Gasteiger partial charge in [0.1, 0.15) is 0 Å². The number of hydrogen-bond acceptors (Lipinski definition) is 4. The number of carbonyl (C=O) groups is 2. The van der Waals surface area contributed by atoms with E-state index in [4.69, 9.17) is 0 Å². The van der Waals surface area contributed by atoms with Crippen LogP contribution in [-0.2, 0) is 9.59 Å². The Kier molecular flexibility index (Phi) is 4.43. The van der Waals surface area contributed by atoms with Gasteiger partial charge >= 0.3 is 0 Å². The normalized spacial score (nSPS) is 21.6. The highest BCUT2D eigenvalue weighted by atomic mass is 32.2. The van der Waals surface area contributed by atoms with Gasteiger partial charge in [-0.3, -0.25) is 9.59 Å². The van der Waals surface area contributed by atoms with E-state index in [0.717, 1.165) is 23.6 Å². The number of hydrogen-bond donors (Lipinski definition) is 1. The van der Waals surface area contributed by atoms with E-state index in [1.807, 2.05) is 23.1 Å². The summed E-state index contributed by atoms with van der Waals surface area (Å²) < 4.78 is 0. The van der Waals surface area contributed by atoms with E-state index in [0.29, 0.717) is 25.6 Å². The maximum atomic E-state index is 12.1. The molecule has 0 bridgehead atoms. The molecule has 2 heterocycles. The third kappa shape index (κ3) is 3.75. The Bertz CT molecular complexity index is 519. The molecule has 1 saturated carbocycles. The summed E-state index contributed by atoms with van der Waals surface area (Å²) in [5.41, 5.74) is 0. The fourth-order valence-corrected chi connectivity index (χ4v) is 3.28. The van der Waals surface area contributed by atoms with Gasteiger partial charge < -0.3 is 10.2 Å². The zero-order valence-corrected chi connectivity index (χ0v) is 12.6. The van der Waals surface area contributed by atoms with Gasteiger partial charge in [-0.15, -0.1) is 11.8 Å². The molecule has 2 aliphatic rings. The molecule has 6 heteroatoms. The van der Waals surface area contributed by atoms with Crippen LogP contribution in [0.1, 0.15) is 19.3 Å². The molecule has 5 nitrogen and oxygen atoms in total. The topological polar surface area (TPSA) is 62.3 Å². The number of thioether (sulfide) groups is 1. The third-order valence-corrected chi connectivity index (χ3v) is 4.75. The van der Waals surface area contributed by atoms with Crippen LogP contribution in [0.5, 0.6) is 0 Å². The number of nitrogens with one attached hydrogen (secondary N) is 1. The molecule has 3 rings (SSSR count). The van der Waals surface area contributed by atoms with Crippen LogP contribution in [0.2, 0.25) is 0 Å². The van der Waals surface area contributed by atoms with Gasteiger partial charge in [-0.05, 0) is 25.0 Å². The Hall–Kier alpha value is -1.56. The Balaban J connectivity index is 1.37. The minimum absolute atomic E-state index is 0.00752. The number of rotatable bonds is 6. The molecular weight excluding hydrogens is 286 g/mol. The minimum atomic E-state index is -0.169. The van der Waals surface area contributed by atoms with Crippen molar-refractivity contribution in [3.63, 3.8) is 0 Å². The number of aromatic nitrogens is 1.